The first-order valence-electron chi connectivity index (χ1n) is 12.8. The van der Waals surface area contributed by atoms with Gasteiger partial charge >= 0.3 is 0 Å². The van der Waals surface area contributed by atoms with Crippen molar-refractivity contribution in [1.82, 2.24) is 19.9 Å². The van der Waals surface area contributed by atoms with Gasteiger partial charge in [0.25, 0.3) is 0 Å². The molecule has 0 atom stereocenters. The average Bonchev–Trinajstić information content (AvgIpc) is 3.70. The minimum absolute atomic E-state index is 0.209. The van der Waals surface area contributed by atoms with Gasteiger partial charge in [0.05, 0.1) is 30.6 Å². The Morgan fingerprint density at radius 1 is 1.14 bits per heavy atom. The van der Waals surface area contributed by atoms with Crippen LogP contribution in [-0.4, -0.2) is 71.4 Å². The van der Waals surface area contributed by atoms with Crippen molar-refractivity contribution in [2.75, 3.05) is 56.7 Å². The van der Waals surface area contributed by atoms with Gasteiger partial charge in [-0.2, -0.15) is 0 Å². The lowest BCUT2D eigenvalue weighted by molar-refractivity contribution is 0.189. The molecule has 2 aromatic heterocycles. The highest BCUT2D eigenvalue weighted by molar-refractivity contribution is 6.33. The Bertz CT molecular complexity index is 1410. The van der Waals surface area contributed by atoms with Gasteiger partial charge in [0.1, 0.15) is 5.75 Å². The van der Waals surface area contributed by atoms with Crippen LogP contribution in [0.15, 0.2) is 48.8 Å². The van der Waals surface area contributed by atoms with Crippen molar-refractivity contribution in [3.05, 3.63) is 59.4 Å². The van der Waals surface area contributed by atoms with Crippen LogP contribution in [0.25, 0.3) is 22.2 Å². The number of aliphatic hydroxyl groups is 1. The van der Waals surface area contributed by atoms with E-state index in [0.29, 0.717) is 22.6 Å². The zero-order valence-electron chi connectivity index (χ0n) is 20.9. The van der Waals surface area contributed by atoms with Gasteiger partial charge in [0.15, 0.2) is 0 Å². The molecule has 4 aromatic rings. The maximum Gasteiger partial charge on any atom is 0.227 e. The van der Waals surface area contributed by atoms with Crippen LogP contribution in [0.4, 0.5) is 17.3 Å². The molecule has 37 heavy (non-hydrogen) atoms. The molecule has 2 fully saturated rings. The second-order valence-electron chi connectivity index (χ2n) is 9.77. The molecule has 2 aliphatic rings. The third kappa shape index (κ3) is 5.09. The normalized spacial score (nSPS) is 16.4. The topological polar surface area (TPSA) is 89.5 Å². The van der Waals surface area contributed by atoms with Crippen molar-refractivity contribution in [3.63, 3.8) is 0 Å². The van der Waals surface area contributed by atoms with E-state index in [1.807, 2.05) is 24.4 Å². The molecule has 1 saturated heterocycles. The minimum atomic E-state index is 0.209. The summed E-state index contributed by atoms with van der Waals surface area (Å²) in [5.74, 6) is 1.92. The molecule has 1 aliphatic heterocycles. The van der Waals surface area contributed by atoms with E-state index in [2.05, 4.69) is 43.3 Å². The number of benzene rings is 2. The van der Waals surface area contributed by atoms with Crippen molar-refractivity contribution >= 4 is 39.8 Å². The second kappa shape index (κ2) is 10.2. The monoisotopic (exact) mass is 518 g/mol. The minimum Gasteiger partial charge on any atom is -0.497 e. The highest BCUT2D eigenvalue weighted by Crippen LogP contribution is 2.43. The number of halogens is 1. The number of fused-ring (bicyclic) bond motifs is 1. The van der Waals surface area contributed by atoms with Gasteiger partial charge in [0.2, 0.25) is 5.95 Å². The number of nitrogens with one attached hydrogen (secondary N) is 2. The van der Waals surface area contributed by atoms with Crippen molar-refractivity contribution in [3.8, 4) is 17.0 Å². The zero-order valence-corrected chi connectivity index (χ0v) is 21.6. The molecule has 6 rings (SSSR count). The predicted octanol–water partition coefficient (Wildman–Crippen LogP) is 5.02. The van der Waals surface area contributed by atoms with E-state index in [9.17, 15) is 5.11 Å². The third-order valence-corrected chi connectivity index (χ3v) is 7.56. The van der Waals surface area contributed by atoms with Crippen molar-refractivity contribution in [2.45, 2.75) is 18.8 Å². The van der Waals surface area contributed by atoms with Crippen LogP contribution in [0.5, 0.6) is 5.75 Å². The molecular formula is C28H31ClN6O2. The number of nitrogens with zero attached hydrogens (tertiary/aromatic N) is 4. The lowest BCUT2D eigenvalue weighted by Gasteiger charge is -2.36. The number of aliphatic hydroxyl groups excluding tert-OH is 1. The van der Waals surface area contributed by atoms with Gasteiger partial charge in [-0.25, -0.2) is 9.97 Å². The molecule has 0 bridgehead atoms. The van der Waals surface area contributed by atoms with Crippen LogP contribution >= 0.6 is 11.6 Å². The Hall–Kier alpha value is -3.33. The number of hydrogen-bond acceptors (Lipinski definition) is 7. The first-order valence-corrected chi connectivity index (χ1v) is 13.2. The standard InChI is InChI=1S/C28H31ClN6O2/c1-37-22-4-5-23-24(16-30-26(23)15-22)27-25(29)17-31-28(33-27)32-20-12-19(18-2-3-18)13-21(14-20)35-8-6-34(7-9-35)10-11-36/h4-5,12-18,30,36H,2-3,6-11H2,1H3,(H,31,32,33). The molecule has 9 heteroatoms. The van der Waals surface area contributed by atoms with Crippen LogP contribution in [0.1, 0.15) is 24.3 Å². The number of anilines is 3. The summed E-state index contributed by atoms with van der Waals surface area (Å²) in [7, 11) is 1.66. The summed E-state index contributed by atoms with van der Waals surface area (Å²) in [4.78, 5) is 17.3. The second-order valence-corrected chi connectivity index (χ2v) is 10.2. The van der Waals surface area contributed by atoms with Gasteiger partial charge in [-0.1, -0.05) is 11.6 Å². The fourth-order valence-corrected chi connectivity index (χ4v) is 5.28. The van der Waals surface area contributed by atoms with Crippen LogP contribution in [0.2, 0.25) is 5.02 Å². The predicted molar refractivity (Wildman–Crippen MR) is 148 cm³/mol. The Labute approximate surface area is 221 Å². The zero-order chi connectivity index (χ0) is 25.4. The Morgan fingerprint density at radius 3 is 2.73 bits per heavy atom. The quantitative estimate of drug-likeness (QED) is 0.301. The average molecular weight is 519 g/mol. The van der Waals surface area contributed by atoms with Gasteiger partial charge in [-0.3, -0.25) is 4.90 Å². The summed E-state index contributed by atoms with van der Waals surface area (Å²) in [5, 5.41) is 14.2. The molecule has 0 radical (unpaired) electrons. The number of piperazine rings is 1. The maximum atomic E-state index is 9.26. The van der Waals surface area contributed by atoms with Crippen molar-refractivity contribution in [2.24, 2.45) is 0 Å². The number of rotatable bonds is 8. The number of methoxy groups -OCH3 is 1. The van der Waals surface area contributed by atoms with Crippen molar-refractivity contribution < 1.29 is 9.84 Å². The summed E-state index contributed by atoms with van der Waals surface area (Å²) < 4.78 is 5.35. The number of aromatic amines is 1. The molecule has 3 heterocycles. The molecular weight excluding hydrogens is 488 g/mol. The first-order chi connectivity index (χ1) is 18.1. The van der Waals surface area contributed by atoms with E-state index < -0.39 is 0 Å². The molecule has 3 N–H and O–H groups in total. The summed E-state index contributed by atoms with van der Waals surface area (Å²) in [6.07, 6.45) is 6.05. The fraction of sp³-hybridized carbons (Fsp3) is 0.357. The van der Waals surface area contributed by atoms with Gasteiger partial charge < -0.3 is 25.0 Å². The summed E-state index contributed by atoms with van der Waals surface area (Å²) in [6, 6.07) is 12.6. The highest BCUT2D eigenvalue weighted by Gasteiger charge is 2.26. The highest BCUT2D eigenvalue weighted by atomic mass is 35.5. The van der Waals surface area contributed by atoms with Crippen LogP contribution < -0.4 is 15.0 Å². The Balaban J connectivity index is 1.28. The van der Waals surface area contributed by atoms with Gasteiger partial charge in [0, 0.05) is 72.8 Å². The SMILES string of the molecule is COc1ccc2c(-c3nc(Nc4cc(C5CC5)cc(N5CCN(CCO)CC5)c4)ncc3Cl)c[nH]c2c1. The lowest BCUT2D eigenvalue weighted by Crippen LogP contribution is -2.47. The molecule has 0 unspecified atom stereocenters. The third-order valence-electron chi connectivity index (χ3n) is 7.29. The molecule has 0 amide bonds. The van der Waals surface area contributed by atoms with Gasteiger partial charge in [-0.05, 0) is 54.7 Å². The molecule has 1 saturated carbocycles. The summed E-state index contributed by atoms with van der Waals surface area (Å²) in [6.45, 7) is 4.75. The van der Waals surface area contributed by atoms with E-state index in [4.69, 9.17) is 21.3 Å². The van der Waals surface area contributed by atoms with Crippen LogP contribution in [-0.2, 0) is 0 Å². The van der Waals surface area contributed by atoms with E-state index >= 15 is 0 Å². The molecule has 0 spiro atoms. The number of H-pyrrole nitrogens is 1. The lowest BCUT2D eigenvalue weighted by atomic mass is 10.1. The number of ether oxygens (including phenoxy) is 1. The van der Waals surface area contributed by atoms with Crippen molar-refractivity contribution in [1.29, 1.82) is 0 Å². The fourth-order valence-electron chi connectivity index (χ4n) is 5.09. The maximum absolute atomic E-state index is 9.26. The Kier molecular flexibility index (Phi) is 6.63. The molecule has 2 aromatic carbocycles. The Morgan fingerprint density at radius 2 is 1.97 bits per heavy atom. The first kappa shape index (κ1) is 24.0. The van der Waals surface area contributed by atoms with Crippen LogP contribution in [0, 0.1) is 0 Å². The van der Waals surface area contributed by atoms with E-state index in [-0.39, 0.29) is 6.61 Å². The summed E-state index contributed by atoms with van der Waals surface area (Å²) in [5.41, 5.74) is 6.11. The summed E-state index contributed by atoms with van der Waals surface area (Å²) >= 11 is 6.57. The molecule has 192 valence electrons. The number of aromatic nitrogens is 3. The van der Waals surface area contributed by atoms with E-state index in [0.717, 1.165) is 60.6 Å². The number of hydrogen-bond donors (Lipinski definition) is 3. The van der Waals surface area contributed by atoms with Gasteiger partial charge in [-0.15, -0.1) is 0 Å². The smallest absolute Gasteiger partial charge is 0.227 e. The van der Waals surface area contributed by atoms with E-state index in [1.165, 1.54) is 24.1 Å². The number of β-amino-alcohol motifs (C(OH)–C–C–N with tert-alkyl or cyclic N) is 1. The largest absolute Gasteiger partial charge is 0.497 e. The molecule has 8 nitrogen and oxygen atoms in total. The van der Waals surface area contributed by atoms with Crippen LogP contribution in [0.3, 0.4) is 0 Å². The molecule has 1 aliphatic carbocycles. The van der Waals surface area contributed by atoms with E-state index in [1.54, 1.807) is 13.3 Å².